The highest BCUT2D eigenvalue weighted by molar-refractivity contribution is 4.87. The van der Waals surface area contributed by atoms with E-state index in [9.17, 15) is 0 Å². The van der Waals surface area contributed by atoms with E-state index in [-0.39, 0.29) is 0 Å². The van der Waals surface area contributed by atoms with Gasteiger partial charge in [-0.1, -0.05) is 13.3 Å². The first kappa shape index (κ1) is 10.0. The van der Waals surface area contributed by atoms with Crippen molar-refractivity contribution in [2.24, 2.45) is 5.92 Å². The summed E-state index contributed by atoms with van der Waals surface area (Å²) in [4.78, 5) is 0. The second-order valence-electron chi connectivity index (χ2n) is 3.77. The van der Waals surface area contributed by atoms with Crippen molar-refractivity contribution < 1.29 is 4.74 Å². The summed E-state index contributed by atoms with van der Waals surface area (Å²) in [5.41, 5.74) is 0. The van der Waals surface area contributed by atoms with Gasteiger partial charge in [0.05, 0.1) is 6.10 Å². The van der Waals surface area contributed by atoms with E-state index >= 15 is 0 Å². The van der Waals surface area contributed by atoms with Crippen LogP contribution in [0.15, 0.2) is 0 Å². The molecule has 1 rings (SSSR count). The Kier molecular flexibility index (Phi) is 4.02. The average molecular weight is 171 g/mol. The maximum absolute atomic E-state index is 5.26. The molecule has 0 saturated heterocycles. The van der Waals surface area contributed by atoms with Gasteiger partial charge in [-0.2, -0.15) is 0 Å². The summed E-state index contributed by atoms with van der Waals surface area (Å²) in [7, 11) is 3.88. The van der Waals surface area contributed by atoms with Gasteiger partial charge in [-0.3, -0.25) is 0 Å². The Morgan fingerprint density at radius 2 is 2.17 bits per heavy atom. The fraction of sp³-hybridized carbons (Fsp3) is 1.00. The Morgan fingerprint density at radius 3 is 2.58 bits per heavy atom. The zero-order valence-corrected chi connectivity index (χ0v) is 8.47. The molecule has 0 bridgehead atoms. The summed E-state index contributed by atoms with van der Waals surface area (Å²) in [6.07, 6.45) is 5.63. The van der Waals surface area contributed by atoms with E-state index in [4.69, 9.17) is 4.74 Å². The van der Waals surface area contributed by atoms with Crippen LogP contribution in [0, 0.1) is 5.92 Å². The molecule has 2 heteroatoms. The third-order valence-corrected chi connectivity index (χ3v) is 3.00. The van der Waals surface area contributed by atoms with E-state index in [1.807, 2.05) is 7.11 Å². The lowest BCUT2D eigenvalue weighted by atomic mass is 9.76. The molecule has 1 aliphatic carbocycles. The van der Waals surface area contributed by atoms with E-state index in [0.717, 1.165) is 12.0 Å². The van der Waals surface area contributed by atoms with Crippen LogP contribution in [0.1, 0.15) is 32.6 Å². The third-order valence-electron chi connectivity index (χ3n) is 3.00. The predicted molar refractivity (Wildman–Crippen MR) is 51.3 cm³/mol. The average Bonchev–Trinajstić information content (AvgIpc) is 2.01. The Morgan fingerprint density at radius 1 is 1.50 bits per heavy atom. The molecule has 0 aromatic carbocycles. The molecule has 0 spiro atoms. The largest absolute Gasteiger partial charge is 0.381 e. The van der Waals surface area contributed by atoms with Gasteiger partial charge in [0.1, 0.15) is 0 Å². The van der Waals surface area contributed by atoms with Crippen molar-refractivity contribution in [3.05, 3.63) is 0 Å². The molecule has 1 aliphatic rings. The lowest BCUT2D eigenvalue weighted by Gasteiger charge is -2.39. The maximum atomic E-state index is 5.26. The second kappa shape index (κ2) is 4.83. The van der Waals surface area contributed by atoms with E-state index in [1.165, 1.54) is 25.7 Å². The predicted octanol–water partition coefficient (Wildman–Crippen LogP) is 1.80. The van der Waals surface area contributed by atoms with Crippen molar-refractivity contribution in [1.29, 1.82) is 0 Å². The molecule has 0 aromatic heterocycles. The molecule has 1 fully saturated rings. The summed E-state index contributed by atoms with van der Waals surface area (Å²) in [6, 6.07) is 0.724. The first-order chi connectivity index (χ1) is 5.81. The topological polar surface area (TPSA) is 21.3 Å². The zero-order chi connectivity index (χ0) is 8.97. The van der Waals surface area contributed by atoms with Crippen LogP contribution >= 0.6 is 0 Å². The van der Waals surface area contributed by atoms with Gasteiger partial charge < -0.3 is 10.1 Å². The minimum Gasteiger partial charge on any atom is -0.381 e. The molecule has 0 aromatic rings. The molecule has 12 heavy (non-hydrogen) atoms. The van der Waals surface area contributed by atoms with Crippen LogP contribution in [0.4, 0.5) is 0 Å². The maximum Gasteiger partial charge on any atom is 0.0577 e. The molecule has 72 valence electrons. The number of ether oxygens (including phenoxy) is 1. The molecule has 0 radical (unpaired) electrons. The summed E-state index contributed by atoms with van der Waals surface area (Å²) >= 11 is 0. The number of hydrogen-bond acceptors (Lipinski definition) is 2. The van der Waals surface area contributed by atoms with Crippen molar-refractivity contribution in [2.75, 3.05) is 14.2 Å². The molecule has 2 nitrogen and oxygen atoms in total. The van der Waals surface area contributed by atoms with E-state index in [0.29, 0.717) is 6.10 Å². The van der Waals surface area contributed by atoms with E-state index in [1.54, 1.807) is 0 Å². The van der Waals surface area contributed by atoms with Crippen molar-refractivity contribution in [2.45, 2.75) is 44.8 Å². The zero-order valence-electron chi connectivity index (χ0n) is 8.47. The van der Waals surface area contributed by atoms with Gasteiger partial charge in [0.2, 0.25) is 0 Å². The van der Waals surface area contributed by atoms with Gasteiger partial charge in [0, 0.05) is 13.2 Å². The summed E-state index contributed by atoms with van der Waals surface area (Å²) < 4.78 is 5.26. The van der Waals surface area contributed by atoms with Crippen LogP contribution in [-0.4, -0.2) is 26.3 Å². The van der Waals surface area contributed by atoms with Crippen molar-refractivity contribution in [3.8, 4) is 0 Å². The number of hydrogen-bond donors (Lipinski definition) is 1. The molecule has 1 unspecified atom stereocenters. The van der Waals surface area contributed by atoms with Crippen LogP contribution in [0.3, 0.4) is 0 Å². The first-order valence-corrected chi connectivity index (χ1v) is 5.01. The number of methoxy groups -OCH3 is 1. The van der Waals surface area contributed by atoms with Crippen LogP contribution in [0.25, 0.3) is 0 Å². The number of nitrogens with one attached hydrogen (secondary N) is 1. The van der Waals surface area contributed by atoms with Crippen LogP contribution in [-0.2, 0) is 4.74 Å². The monoisotopic (exact) mass is 171 g/mol. The summed E-state index contributed by atoms with van der Waals surface area (Å²) in [5, 5.41) is 3.39. The third kappa shape index (κ3) is 2.20. The summed E-state index contributed by atoms with van der Waals surface area (Å²) in [6.45, 7) is 2.25. The van der Waals surface area contributed by atoms with Crippen LogP contribution in [0.5, 0.6) is 0 Å². The standard InChI is InChI=1S/C10H21NO/c1-4-5-10(11-2)8-6-9(7-8)12-3/h8-11H,4-7H2,1-3H3. The van der Waals surface area contributed by atoms with Gasteiger partial charge in [-0.05, 0) is 32.2 Å². The van der Waals surface area contributed by atoms with Crippen molar-refractivity contribution in [3.63, 3.8) is 0 Å². The highest BCUT2D eigenvalue weighted by Gasteiger charge is 2.33. The quantitative estimate of drug-likeness (QED) is 0.681. The fourth-order valence-electron chi connectivity index (χ4n) is 2.05. The lowest BCUT2D eigenvalue weighted by Crippen LogP contribution is -2.44. The molecule has 0 amide bonds. The van der Waals surface area contributed by atoms with Gasteiger partial charge in [0.15, 0.2) is 0 Å². The fourth-order valence-corrected chi connectivity index (χ4v) is 2.05. The van der Waals surface area contributed by atoms with Gasteiger partial charge in [-0.25, -0.2) is 0 Å². The summed E-state index contributed by atoms with van der Waals surface area (Å²) in [5.74, 6) is 0.861. The molecular weight excluding hydrogens is 150 g/mol. The minimum atomic E-state index is 0.544. The first-order valence-electron chi connectivity index (χ1n) is 5.01. The second-order valence-corrected chi connectivity index (χ2v) is 3.77. The smallest absolute Gasteiger partial charge is 0.0577 e. The highest BCUT2D eigenvalue weighted by Crippen LogP contribution is 2.33. The van der Waals surface area contributed by atoms with E-state index < -0.39 is 0 Å². The molecule has 0 aliphatic heterocycles. The molecular formula is C10H21NO. The Labute approximate surface area is 75.7 Å². The van der Waals surface area contributed by atoms with E-state index in [2.05, 4.69) is 19.3 Å². The number of rotatable bonds is 5. The Balaban J connectivity index is 2.19. The van der Waals surface area contributed by atoms with Gasteiger partial charge >= 0.3 is 0 Å². The van der Waals surface area contributed by atoms with Crippen molar-refractivity contribution in [1.82, 2.24) is 5.32 Å². The Hall–Kier alpha value is -0.0800. The van der Waals surface area contributed by atoms with Crippen molar-refractivity contribution >= 4 is 0 Å². The van der Waals surface area contributed by atoms with Gasteiger partial charge in [0.25, 0.3) is 0 Å². The molecule has 1 saturated carbocycles. The molecule has 1 N–H and O–H groups in total. The SMILES string of the molecule is CCCC(NC)C1CC(OC)C1. The van der Waals surface area contributed by atoms with Gasteiger partial charge in [-0.15, -0.1) is 0 Å². The van der Waals surface area contributed by atoms with Crippen LogP contribution < -0.4 is 5.32 Å². The highest BCUT2D eigenvalue weighted by atomic mass is 16.5. The molecule has 1 atom stereocenters. The normalized spacial score (nSPS) is 31.2. The lowest BCUT2D eigenvalue weighted by molar-refractivity contribution is -0.0123. The van der Waals surface area contributed by atoms with Crippen LogP contribution in [0.2, 0.25) is 0 Å². The minimum absolute atomic E-state index is 0.544. The Bertz CT molecular complexity index is 121. The molecule has 0 heterocycles.